The number of aliphatic hydroxyl groups excluding tert-OH is 1. The van der Waals surface area contributed by atoms with E-state index in [1.807, 2.05) is 60.7 Å². The van der Waals surface area contributed by atoms with Crippen LogP contribution in [0.15, 0.2) is 96.2 Å². The number of nitrogens with two attached hydrogens (primary N) is 1. The fourth-order valence-corrected chi connectivity index (χ4v) is 5.12. The minimum absolute atomic E-state index is 0.0286. The Bertz CT molecular complexity index is 1710. The summed E-state index contributed by atoms with van der Waals surface area (Å²) >= 11 is 0. The van der Waals surface area contributed by atoms with Crippen molar-refractivity contribution in [2.45, 2.75) is 24.4 Å². The van der Waals surface area contributed by atoms with Crippen LogP contribution in [-0.2, 0) is 23.1 Å². The topological polar surface area (TPSA) is 127 Å². The molecule has 9 heteroatoms. The molecular formula is C28H27N5O3S. The highest BCUT2D eigenvalue weighted by Crippen LogP contribution is 2.39. The van der Waals surface area contributed by atoms with Crippen LogP contribution in [0, 0.1) is 5.41 Å². The molecule has 5 aromatic rings. The zero-order valence-electron chi connectivity index (χ0n) is 20.1. The van der Waals surface area contributed by atoms with E-state index in [9.17, 15) is 13.5 Å². The maximum atomic E-state index is 11.7. The lowest BCUT2D eigenvalue weighted by atomic mass is 9.99. The highest BCUT2D eigenvalue weighted by Gasteiger charge is 2.23. The molecule has 0 aliphatic rings. The summed E-state index contributed by atoms with van der Waals surface area (Å²) in [4.78, 5) is 4.84. The van der Waals surface area contributed by atoms with Crippen molar-refractivity contribution in [3.63, 3.8) is 0 Å². The summed E-state index contributed by atoms with van der Waals surface area (Å²) in [7, 11) is -3.79. The lowest BCUT2D eigenvalue weighted by Gasteiger charge is -2.13. The van der Waals surface area contributed by atoms with Gasteiger partial charge in [0.25, 0.3) is 0 Å². The maximum Gasteiger partial charge on any atom is 0.238 e. The summed E-state index contributed by atoms with van der Waals surface area (Å²) < 4.78 is 27.3. The van der Waals surface area contributed by atoms with Crippen molar-refractivity contribution in [3.8, 4) is 22.4 Å². The van der Waals surface area contributed by atoms with Gasteiger partial charge < -0.3 is 14.2 Å². The van der Waals surface area contributed by atoms with Gasteiger partial charge in [0.2, 0.25) is 10.0 Å². The van der Waals surface area contributed by atoms with E-state index in [1.54, 1.807) is 23.0 Å². The summed E-state index contributed by atoms with van der Waals surface area (Å²) in [5.41, 5.74) is 5.59. The lowest BCUT2D eigenvalue weighted by molar-refractivity contribution is 0.278. The standard InChI is InChI=1S/C28H27N5O3S/c29-27-25-24(21-8-3-1-4-9-21)26(22-10-5-2-6-11-22)33(28(25)31-19-32(27)16-7-17-34)18-20-12-14-23(15-13-20)37(30,35)36/h1-6,8-15,19,29,34H,7,16-18H2,(H2,30,35,36). The van der Waals surface area contributed by atoms with Crippen LogP contribution in [0.5, 0.6) is 0 Å². The summed E-state index contributed by atoms with van der Waals surface area (Å²) in [5, 5.41) is 24.5. The number of aliphatic hydroxyl groups is 1. The Balaban J connectivity index is 1.81. The fraction of sp³-hybridized carbons (Fsp3) is 0.143. The molecule has 0 amide bonds. The highest BCUT2D eigenvalue weighted by molar-refractivity contribution is 7.89. The maximum absolute atomic E-state index is 11.7. The second kappa shape index (κ2) is 10.1. The first-order chi connectivity index (χ1) is 17.9. The van der Waals surface area contributed by atoms with Crippen molar-refractivity contribution in [2.24, 2.45) is 5.14 Å². The Morgan fingerprint density at radius 3 is 2.11 bits per heavy atom. The molecule has 0 unspecified atom stereocenters. The van der Waals surface area contributed by atoms with Crippen LogP contribution in [-0.4, -0.2) is 34.2 Å². The van der Waals surface area contributed by atoms with E-state index < -0.39 is 10.0 Å². The summed E-state index contributed by atoms with van der Waals surface area (Å²) in [6.45, 7) is 0.916. The minimum atomic E-state index is -3.79. The van der Waals surface area contributed by atoms with Crippen LogP contribution < -0.4 is 10.6 Å². The number of sulfonamides is 1. The fourth-order valence-electron chi connectivity index (χ4n) is 4.60. The van der Waals surface area contributed by atoms with E-state index in [2.05, 4.69) is 4.57 Å². The van der Waals surface area contributed by atoms with Crippen LogP contribution in [0.3, 0.4) is 0 Å². The first-order valence-corrected chi connectivity index (χ1v) is 13.4. The van der Waals surface area contributed by atoms with E-state index in [1.165, 1.54) is 12.1 Å². The van der Waals surface area contributed by atoms with E-state index in [-0.39, 0.29) is 11.5 Å². The van der Waals surface area contributed by atoms with E-state index >= 15 is 0 Å². The Hall–Kier alpha value is -4.05. The van der Waals surface area contributed by atoms with Crippen LogP contribution >= 0.6 is 0 Å². The molecule has 0 spiro atoms. The molecule has 5 rings (SSSR count). The van der Waals surface area contributed by atoms with Crippen molar-refractivity contribution < 1.29 is 13.5 Å². The molecule has 0 saturated carbocycles. The number of fused-ring (bicyclic) bond motifs is 1. The Kier molecular flexibility index (Phi) is 6.75. The normalized spacial score (nSPS) is 11.7. The molecule has 188 valence electrons. The Morgan fingerprint density at radius 1 is 0.892 bits per heavy atom. The van der Waals surface area contributed by atoms with Gasteiger partial charge in [0, 0.05) is 25.3 Å². The van der Waals surface area contributed by atoms with Crippen molar-refractivity contribution >= 4 is 21.1 Å². The van der Waals surface area contributed by atoms with Gasteiger partial charge in [-0.05, 0) is 35.2 Å². The van der Waals surface area contributed by atoms with Gasteiger partial charge in [0.15, 0.2) is 0 Å². The third-order valence-corrected chi connectivity index (χ3v) is 7.27. The van der Waals surface area contributed by atoms with Gasteiger partial charge >= 0.3 is 0 Å². The smallest absolute Gasteiger partial charge is 0.238 e. The zero-order chi connectivity index (χ0) is 26.0. The summed E-state index contributed by atoms with van der Waals surface area (Å²) in [6, 6.07) is 26.4. The minimum Gasteiger partial charge on any atom is -0.396 e. The van der Waals surface area contributed by atoms with Crippen molar-refractivity contribution in [1.29, 1.82) is 5.41 Å². The number of hydrogen-bond acceptors (Lipinski definition) is 5. The molecule has 4 N–H and O–H groups in total. The molecular weight excluding hydrogens is 486 g/mol. The molecule has 0 radical (unpaired) electrons. The number of benzene rings is 3. The Morgan fingerprint density at radius 2 is 1.51 bits per heavy atom. The van der Waals surface area contributed by atoms with Crippen LogP contribution in [0.1, 0.15) is 12.0 Å². The predicted octanol–water partition coefficient (Wildman–Crippen LogP) is 3.73. The number of primary sulfonamides is 1. The second-order valence-corrected chi connectivity index (χ2v) is 10.4. The SMILES string of the molecule is N=c1c2c(-c3ccccc3)c(-c3ccccc3)n(Cc3ccc(S(N)(=O)=O)cc3)c2ncn1CCCO. The Labute approximate surface area is 214 Å². The van der Waals surface area contributed by atoms with Crippen molar-refractivity contribution in [2.75, 3.05) is 6.61 Å². The van der Waals surface area contributed by atoms with Gasteiger partial charge in [-0.2, -0.15) is 0 Å². The number of hydrogen-bond donors (Lipinski definition) is 3. The summed E-state index contributed by atoms with van der Waals surface area (Å²) in [5.74, 6) is 0. The van der Waals surface area contributed by atoms with E-state index in [0.29, 0.717) is 36.0 Å². The second-order valence-electron chi connectivity index (χ2n) is 8.79. The molecule has 0 atom stereocenters. The van der Waals surface area contributed by atoms with E-state index in [4.69, 9.17) is 15.5 Å². The van der Waals surface area contributed by atoms with Gasteiger partial charge in [-0.3, -0.25) is 5.41 Å². The van der Waals surface area contributed by atoms with Gasteiger partial charge in [0.05, 0.1) is 22.3 Å². The van der Waals surface area contributed by atoms with Gasteiger partial charge in [-0.15, -0.1) is 0 Å². The third-order valence-electron chi connectivity index (χ3n) is 6.34. The third kappa shape index (κ3) is 4.84. The molecule has 0 aliphatic carbocycles. The monoisotopic (exact) mass is 513 g/mol. The van der Waals surface area contributed by atoms with Gasteiger partial charge in [-0.25, -0.2) is 18.5 Å². The highest BCUT2D eigenvalue weighted by atomic mass is 32.2. The molecule has 0 fully saturated rings. The molecule has 8 nitrogen and oxygen atoms in total. The first kappa shape index (κ1) is 24.6. The molecule has 2 heterocycles. The number of aryl methyl sites for hydroxylation is 1. The average molecular weight is 514 g/mol. The molecule has 0 saturated heterocycles. The predicted molar refractivity (Wildman–Crippen MR) is 143 cm³/mol. The van der Waals surface area contributed by atoms with Crippen LogP contribution in [0.4, 0.5) is 0 Å². The molecule has 3 aromatic carbocycles. The van der Waals surface area contributed by atoms with Crippen LogP contribution in [0.2, 0.25) is 0 Å². The first-order valence-electron chi connectivity index (χ1n) is 11.9. The van der Waals surface area contributed by atoms with Crippen LogP contribution in [0.25, 0.3) is 33.4 Å². The zero-order valence-corrected chi connectivity index (χ0v) is 20.9. The summed E-state index contributed by atoms with van der Waals surface area (Å²) in [6.07, 6.45) is 2.16. The number of nitrogens with zero attached hydrogens (tertiary/aromatic N) is 3. The molecule has 0 aliphatic heterocycles. The molecule has 0 bridgehead atoms. The largest absolute Gasteiger partial charge is 0.396 e. The van der Waals surface area contributed by atoms with Crippen molar-refractivity contribution in [1.82, 2.24) is 14.1 Å². The number of nitrogens with one attached hydrogen (secondary N) is 1. The molecule has 37 heavy (non-hydrogen) atoms. The lowest BCUT2D eigenvalue weighted by Crippen LogP contribution is -2.21. The number of aromatic nitrogens is 3. The number of rotatable bonds is 8. The quantitative estimate of drug-likeness (QED) is 0.292. The van der Waals surface area contributed by atoms with E-state index in [0.717, 1.165) is 27.9 Å². The average Bonchev–Trinajstić information content (AvgIpc) is 3.24. The van der Waals surface area contributed by atoms with Gasteiger partial charge in [-0.1, -0.05) is 72.8 Å². The molecule has 2 aromatic heterocycles. The van der Waals surface area contributed by atoms with Gasteiger partial charge in [0.1, 0.15) is 11.1 Å². The van der Waals surface area contributed by atoms with Crippen molar-refractivity contribution in [3.05, 3.63) is 102 Å².